The van der Waals surface area contributed by atoms with Crippen LogP contribution >= 0.6 is 0 Å². The van der Waals surface area contributed by atoms with Gasteiger partial charge in [-0.25, -0.2) is 0 Å². The molecule has 0 aliphatic rings. The summed E-state index contributed by atoms with van der Waals surface area (Å²) in [5, 5.41) is 6.53. The van der Waals surface area contributed by atoms with E-state index in [1.807, 2.05) is 20.8 Å². The second-order valence-electron chi connectivity index (χ2n) is 2.91. The smallest absolute Gasteiger partial charge is 0.272 e. The fraction of sp³-hybridized carbons (Fsp3) is 0.556. The molecule has 0 fully saturated rings. The van der Waals surface area contributed by atoms with Gasteiger partial charge in [-0.1, -0.05) is 0 Å². The number of hydrogen-bond donors (Lipinski definition) is 1. The number of carbonyl (C=O) groups excluding carboxylic acids is 1. The number of rotatable bonds is 3. The second-order valence-corrected chi connectivity index (χ2v) is 2.91. The summed E-state index contributed by atoms with van der Waals surface area (Å²) in [6.07, 6.45) is 1.66. The van der Waals surface area contributed by atoms with Gasteiger partial charge in [-0.05, 0) is 26.3 Å². The van der Waals surface area contributed by atoms with E-state index in [0.717, 1.165) is 18.7 Å². The Bertz CT molecular complexity index is 289. The number of aryl methyl sites for hydroxylation is 1. The van der Waals surface area contributed by atoms with Gasteiger partial charge in [0.25, 0.3) is 5.91 Å². The van der Waals surface area contributed by atoms with E-state index in [2.05, 4.69) is 10.2 Å². The van der Waals surface area contributed by atoms with E-state index in [-0.39, 0.29) is 5.91 Å². The van der Waals surface area contributed by atoms with Gasteiger partial charge in [0, 0.05) is 13.1 Å². The molecule has 72 valence electrons. The molecule has 0 unspecified atom stereocenters. The highest BCUT2D eigenvalue weighted by Gasteiger charge is 2.15. The molecule has 1 aromatic rings. The van der Waals surface area contributed by atoms with Crippen LogP contribution in [0.2, 0.25) is 0 Å². The van der Waals surface area contributed by atoms with Gasteiger partial charge in [0.2, 0.25) is 0 Å². The van der Waals surface area contributed by atoms with E-state index >= 15 is 0 Å². The predicted molar refractivity (Wildman–Crippen MR) is 50.6 cm³/mol. The van der Waals surface area contributed by atoms with Crippen molar-refractivity contribution in [1.29, 1.82) is 0 Å². The van der Waals surface area contributed by atoms with Crippen molar-refractivity contribution in [3.8, 4) is 0 Å². The number of nitrogens with one attached hydrogen (secondary N) is 1. The van der Waals surface area contributed by atoms with Gasteiger partial charge in [-0.3, -0.25) is 9.89 Å². The summed E-state index contributed by atoms with van der Waals surface area (Å²) in [6.45, 7) is 7.27. The molecule has 0 atom stereocenters. The Morgan fingerprint density at radius 2 is 2.15 bits per heavy atom. The van der Waals surface area contributed by atoms with Crippen molar-refractivity contribution < 1.29 is 4.79 Å². The zero-order chi connectivity index (χ0) is 9.84. The molecular formula is C9H15N3O. The highest BCUT2D eigenvalue weighted by molar-refractivity contribution is 5.93. The number of H-pyrrole nitrogens is 1. The lowest BCUT2D eigenvalue weighted by Gasteiger charge is -2.17. The van der Waals surface area contributed by atoms with Crippen molar-refractivity contribution in [2.45, 2.75) is 20.8 Å². The average Bonchev–Trinajstić information content (AvgIpc) is 2.53. The van der Waals surface area contributed by atoms with Crippen molar-refractivity contribution in [3.63, 3.8) is 0 Å². The molecule has 1 amide bonds. The summed E-state index contributed by atoms with van der Waals surface area (Å²) in [4.78, 5) is 13.5. The molecule has 4 heteroatoms. The van der Waals surface area contributed by atoms with Crippen LogP contribution < -0.4 is 0 Å². The van der Waals surface area contributed by atoms with Crippen molar-refractivity contribution in [2.75, 3.05) is 13.1 Å². The first kappa shape index (κ1) is 9.77. The minimum atomic E-state index is 0.0278. The van der Waals surface area contributed by atoms with Crippen molar-refractivity contribution in [2.24, 2.45) is 0 Å². The zero-order valence-electron chi connectivity index (χ0n) is 8.29. The van der Waals surface area contributed by atoms with Crippen LogP contribution in [0, 0.1) is 6.92 Å². The van der Waals surface area contributed by atoms with Crippen LogP contribution in [0.5, 0.6) is 0 Å². The van der Waals surface area contributed by atoms with Crippen molar-refractivity contribution >= 4 is 5.91 Å². The minimum absolute atomic E-state index is 0.0278. The lowest BCUT2D eigenvalue weighted by atomic mass is 10.2. The number of aromatic nitrogens is 2. The quantitative estimate of drug-likeness (QED) is 0.761. The van der Waals surface area contributed by atoms with Crippen LogP contribution in [-0.4, -0.2) is 34.1 Å². The third kappa shape index (κ3) is 1.88. The number of hydrogen-bond acceptors (Lipinski definition) is 2. The van der Waals surface area contributed by atoms with E-state index in [1.165, 1.54) is 0 Å². The Kier molecular flexibility index (Phi) is 3.06. The van der Waals surface area contributed by atoms with Crippen LogP contribution in [0.15, 0.2) is 6.20 Å². The van der Waals surface area contributed by atoms with Gasteiger partial charge in [0.15, 0.2) is 0 Å². The van der Waals surface area contributed by atoms with E-state index in [9.17, 15) is 4.79 Å². The Morgan fingerprint density at radius 1 is 1.54 bits per heavy atom. The number of nitrogens with zero attached hydrogens (tertiary/aromatic N) is 2. The first-order chi connectivity index (χ1) is 6.20. The standard InChI is InChI=1S/C9H15N3O/c1-4-12(5-2)9(13)8-7(3)6-10-11-8/h6H,4-5H2,1-3H3,(H,10,11). The van der Waals surface area contributed by atoms with Crippen LogP contribution in [0.4, 0.5) is 0 Å². The molecule has 1 heterocycles. The third-order valence-corrected chi connectivity index (χ3v) is 2.09. The Hall–Kier alpha value is -1.32. The lowest BCUT2D eigenvalue weighted by Crippen LogP contribution is -2.31. The molecule has 0 saturated heterocycles. The summed E-state index contributed by atoms with van der Waals surface area (Å²) >= 11 is 0. The molecule has 13 heavy (non-hydrogen) atoms. The van der Waals surface area contributed by atoms with Gasteiger partial charge >= 0.3 is 0 Å². The Morgan fingerprint density at radius 3 is 2.54 bits per heavy atom. The van der Waals surface area contributed by atoms with Crippen LogP contribution in [0.25, 0.3) is 0 Å². The normalized spacial score (nSPS) is 10.1. The average molecular weight is 181 g/mol. The largest absolute Gasteiger partial charge is 0.338 e. The number of amides is 1. The Labute approximate surface area is 77.9 Å². The van der Waals surface area contributed by atoms with Crippen LogP contribution in [0.3, 0.4) is 0 Å². The van der Waals surface area contributed by atoms with Gasteiger partial charge in [0.05, 0.1) is 6.20 Å². The van der Waals surface area contributed by atoms with Gasteiger partial charge in [0.1, 0.15) is 5.69 Å². The maximum Gasteiger partial charge on any atom is 0.272 e. The van der Waals surface area contributed by atoms with E-state index in [4.69, 9.17) is 0 Å². The highest BCUT2D eigenvalue weighted by atomic mass is 16.2. The fourth-order valence-corrected chi connectivity index (χ4v) is 1.23. The number of aromatic amines is 1. The maximum absolute atomic E-state index is 11.7. The van der Waals surface area contributed by atoms with Crippen molar-refractivity contribution in [3.05, 3.63) is 17.5 Å². The molecule has 1 aromatic heterocycles. The monoisotopic (exact) mass is 181 g/mol. The van der Waals surface area contributed by atoms with Crippen molar-refractivity contribution in [1.82, 2.24) is 15.1 Å². The number of carbonyl (C=O) groups is 1. The summed E-state index contributed by atoms with van der Waals surface area (Å²) < 4.78 is 0. The predicted octanol–water partition coefficient (Wildman–Crippen LogP) is 1.20. The van der Waals surface area contributed by atoms with E-state index in [0.29, 0.717) is 5.69 Å². The van der Waals surface area contributed by atoms with Crippen LogP contribution in [0.1, 0.15) is 29.9 Å². The van der Waals surface area contributed by atoms with E-state index in [1.54, 1.807) is 11.1 Å². The van der Waals surface area contributed by atoms with Gasteiger partial charge in [-0.15, -0.1) is 0 Å². The molecule has 0 saturated carbocycles. The Balaban J connectivity index is 2.84. The molecule has 4 nitrogen and oxygen atoms in total. The second kappa shape index (κ2) is 4.07. The summed E-state index contributed by atoms with van der Waals surface area (Å²) in [5.41, 5.74) is 1.50. The van der Waals surface area contributed by atoms with Gasteiger partial charge < -0.3 is 4.90 Å². The molecule has 0 bridgehead atoms. The minimum Gasteiger partial charge on any atom is -0.338 e. The van der Waals surface area contributed by atoms with Gasteiger partial charge in [-0.2, -0.15) is 5.10 Å². The third-order valence-electron chi connectivity index (χ3n) is 2.09. The molecule has 0 spiro atoms. The molecular weight excluding hydrogens is 166 g/mol. The lowest BCUT2D eigenvalue weighted by molar-refractivity contribution is 0.0766. The zero-order valence-corrected chi connectivity index (χ0v) is 8.29. The fourth-order valence-electron chi connectivity index (χ4n) is 1.23. The molecule has 1 rings (SSSR count). The summed E-state index contributed by atoms with van der Waals surface area (Å²) in [5.74, 6) is 0.0278. The highest BCUT2D eigenvalue weighted by Crippen LogP contribution is 2.06. The van der Waals surface area contributed by atoms with Crippen LogP contribution in [-0.2, 0) is 0 Å². The first-order valence-electron chi connectivity index (χ1n) is 4.49. The summed E-state index contributed by atoms with van der Waals surface area (Å²) in [6, 6.07) is 0. The molecule has 0 aliphatic carbocycles. The SMILES string of the molecule is CCN(CC)C(=O)c1[nH]ncc1C. The molecule has 0 radical (unpaired) electrons. The topological polar surface area (TPSA) is 49.0 Å². The summed E-state index contributed by atoms with van der Waals surface area (Å²) in [7, 11) is 0. The maximum atomic E-state index is 11.7. The first-order valence-corrected chi connectivity index (χ1v) is 4.49. The molecule has 1 N–H and O–H groups in total. The molecule has 0 aromatic carbocycles. The van der Waals surface area contributed by atoms with E-state index < -0.39 is 0 Å². The molecule has 0 aliphatic heterocycles.